The van der Waals surface area contributed by atoms with Crippen molar-refractivity contribution in [3.8, 4) is 0 Å². The molecule has 0 spiro atoms. The summed E-state index contributed by atoms with van der Waals surface area (Å²) in [7, 11) is 1.62. The normalized spacial score (nSPS) is 10.4. The van der Waals surface area contributed by atoms with Crippen molar-refractivity contribution in [1.82, 2.24) is 10.3 Å². The Labute approximate surface area is 167 Å². The van der Waals surface area contributed by atoms with Gasteiger partial charge in [0.1, 0.15) is 11.8 Å². The third kappa shape index (κ3) is 7.89. The first-order valence-corrected chi connectivity index (χ1v) is 8.76. The Kier molecular flexibility index (Phi) is 9.68. The molecule has 4 N–H and O–H groups in total. The molecule has 0 aromatic heterocycles. The van der Waals surface area contributed by atoms with Gasteiger partial charge in [-0.3, -0.25) is 34.7 Å². The average Bonchev–Trinajstić information content (AvgIpc) is 2.70. The summed E-state index contributed by atoms with van der Waals surface area (Å²) in [4.78, 5) is 57.2. The lowest BCUT2D eigenvalue weighted by Gasteiger charge is -2.14. The van der Waals surface area contributed by atoms with Gasteiger partial charge in [0.2, 0.25) is 11.8 Å². The quantitative estimate of drug-likeness (QED) is 0.0936. The van der Waals surface area contributed by atoms with Crippen LogP contribution >= 0.6 is 0 Å². The molecular weight excluding hydrogens is 382 g/mol. The van der Waals surface area contributed by atoms with Gasteiger partial charge in [0, 0.05) is 37.8 Å². The number of hydrogen-bond acceptors (Lipinski definition) is 7. The van der Waals surface area contributed by atoms with E-state index in [9.17, 15) is 29.3 Å². The van der Waals surface area contributed by atoms with Crippen molar-refractivity contribution in [1.29, 1.82) is 0 Å². The van der Waals surface area contributed by atoms with E-state index >= 15 is 0 Å². The molecule has 11 heteroatoms. The van der Waals surface area contributed by atoms with Crippen LogP contribution in [0.15, 0.2) is 30.4 Å². The molecule has 0 radical (unpaired) electrons. The van der Waals surface area contributed by atoms with Crippen LogP contribution in [0.5, 0.6) is 0 Å². The van der Waals surface area contributed by atoms with E-state index in [-0.39, 0.29) is 29.5 Å². The smallest absolute Gasteiger partial charge is 0.284 e. The Morgan fingerprint density at radius 2 is 1.97 bits per heavy atom. The highest BCUT2D eigenvalue weighted by Gasteiger charge is 2.20. The summed E-state index contributed by atoms with van der Waals surface area (Å²) in [5.41, 5.74) is 1.34. The van der Waals surface area contributed by atoms with Crippen LogP contribution in [0, 0.1) is 10.1 Å². The first-order valence-electron chi connectivity index (χ1n) is 8.76. The number of nitro groups is 1. The molecular formula is C18H23N5O6. The van der Waals surface area contributed by atoms with E-state index in [1.807, 2.05) is 5.43 Å². The molecule has 0 bridgehead atoms. The van der Waals surface area contributed by atoms with Crippen LogP contribution in [0.25, 0.3) is 0 Å². The fraction of sp³-hybridized carbons (Fsp3) is 0.333. The van der Waals surface area contributed by atoms with E-state index in [1.54, 1.807) is 7.05 Å². The second-order valence-corrected chi connectivity index (χ2v) is 6.08. The van der Waals surface area contributed by atoms with Crippen LogP contribution in [0.1, 0.15) is 36.0 Å². The fourth-order valence-electron chi connectivity index (χ4n) is 2.42. The number of amides is 3. The number of nitrogens with one attached hydrogen (secondary N) is 2. The van der Waals surface area contributed by atoms with Crippen molar-refractivity contribution in [2.24, 2.45) is 5.84 Å². The van der Waals surface area contributed by atoms with Gasteiger partial charge in [-0.2, -0.15) is 0 Å². The number of carbonyl (C=O) groups excluding carboxylic acids is 4. The number of benzene rings is 1. The highest BCUT2D eigenvalue weighted by molar-refractivity contribution is 5.99. The lowest BCUT2D eigenvalue weighted by Crippen LogP contribution is -2.30. The second-order valence-electron chi connectivity index (χ2n) is 6.08. The summed E-state index contributed by atoms with van der Waals surface area (Å²) < 4.78 is 0. The molecule has 0 saturated carbocycles. The maximum absolute atomic E-state index is 12.0. The van der Waals surface area contributed by atoms with E-state index in [0.29, 0.717) is 32.1 Å². The van der Waals surface area contributed by atoms with Crippen molar-refractivity contribution in [3.63, 3.8) is 0 Å². The molecule has 0 aliphatic rings. The number of nitrogen functional groups attached to an aromatic ring is 1. The average molecular weight is 405 g/mol. The van der Waals surface area contributed by atoms with Crippen LogP contribution in [-0.2, 0) is 14.4 Å². The number of rotatable bonds is 11. The SMILES string of the molecule is CN(CCCCCC(=O)Nc1ccc(C(=O)NN)c([N+](=O)[O-])c1)C(=O)/C=C\C=O. The number of hydrogen-bond donors (Lipinski definition) is 3. The molecule has 0 aliphatic carbocycles. The van der Waals surface area contributed by atoms with E-state index in [1.165, 1.54) is 23.1 Å². The number of nitrogens with zero attached hydrogens (tertiary/aromatic N) is 2. The van der Waals surface area contributed by atoms with Crippen molar-refractivity contribution in [3.05, 3.63) is 46.0 Å². The van der Waals surface area contributed by atoms with Gasteiger partial charge in [-0.1, -0.05) is 6.42 Å². The highest BCUT2D eigenvalue weighted by Crippen LogP contribution is 2.23. The molecule has 0 aliphatic heterocycles. The standard InChI is InChI=1S/C18H23N5O6/c1-22(17(26)7-5-11-24)10-4-2-3-6-16(25)20-13-8-9-14(18(27)21-19)15(12-13)23(28)29/h5,7-9,11-12H,2-4,6,10,19H2,1H3,(H,20,25)(H,21,27)/b7-5-. The lowest BCUT2D eigenvalue weighted by molar-refractivity contribution is -0.385. The molecule has 0 saturated heterocycles. The summed E-state index contributed by atoms with van der Waals surface area (Å²) in [6.07, 6.45) is 4.97. The number of carbonyl (C=O) groups is 4. The van der Waals surface area contributed by atoms with E-state index in [2.05, 4.69) is 5.32 Å². The minimum atomic E-state index is -0.806. The maximum Gasteiger partial charge on any atom is 0.284 e. The van der Waals surface area contributed by atoms with Crippen molar-refractivity contribution < 1.29 is 24.1 Å². The van der Waals surface area contributed by atoms with Gasteiger partial charge in [0.25, 0.3) is 11.6 Å². The van der Waals surface area contributed by atoms with E-state index in [4.69, 9.17) is 5.84 Å². The maximum atomic E-state index is 12.0. The Morgan fingerprint density at radius 3 is 2.59 bits per heavy atom. The van der Waals surface area contributed by atoms with Gasteiger partial charge < -0.3 is 10.2 Å². The number of likely N-dealkylation sites (N-methyl/N-ethyl adjacent to an activating group) is 1. The summed E-state index contributed by atoms with van der Waals surface area (Å²) in [5, 5.41) is 13.7. The third-order valence-electron chi connectivity index (χ3n) is 3.94. The predicted molar refractivity (Wildman–Crippen MR) is 105 cm³/mol. The molecule has 156 valence electrons. The number of nitrogens with two attached hydrogens (primary N) is 1. The first kappa shape index (κ1) is 23.4. The van der Waals surface area contributed by atoms with Crippen molar-refractivity contribution >= 4 is 35.4 Å². The number of aldehydes is 1. The molecule has 1 aromatic carbocycles. The molecule has 1 rings (SSSR count). The zero-order chi connectivity index (χ0) is 21.8. The second kappa shape index (κ2) is 12.0. The summed E-state index contributed by atoms with van der Waals surface area (Å²) in [6.45, 7) is 0.487. The number of nitro benzene ring substituents is 1. The van der Waals surface area contributed by atoms with Gasteiger partial charge in [-0.25, -0.2) is 5.84 Å². The number of hydrazine groups is 1. The van der Waals surface area contributed by atoms with Crippen LogP contribution in [0.3, 0.4) is 0 Å². The minimum absolute atomic E-state index is 0.196. The van der Waals surface area contributed by atoms with E-state index in [0.717, 1.165) is 12.1 Å². The third-order valence-corrected chi connectivity index (χ3v) is 3.94. The molecule has 0 heterocycles. The predicted octanol–water partition coefficient (Wildman–Crippen LogP) is 0.911. The molecule has 1 aromatic rings. The highest BCUT2D eigenvalue weighted by atomic mass is 16.6. The zero-order valence-electron chi connectivity index (χ0n) is 15.9. The van der Waals surface area contributed by atoms with Crippen LogP contribution < -0.4 is 16.6 Å². The summed E-state index contributed by atoms with van der Waals surface area (Å²) in [6, 6.07) is 3.68. The monoisotopic (exact) mass is 405 g/mol. The number of allylic oxidation sites excluding steroid dienone is 1. The lowest BCUT2D eigenvalue weighted by atomic mass is 10.1. The van der Waals surface area contributed by atoms with Crippen molar-refractivity contribution in [2.45, 2.75) is 25.7 Å². The van der Waals surface area contributed by atoms with Gasteiger partial charge in [-0.05, 0) is 31.1 Å². The van der Waals surface area contributed by atoms with E-state index < -0.39 is 16.5 Å². The number of anilines is 1. The first-order chi connectivity index (χ1) is 13.8. The molecule has 11 nitrogen and oxygen atoms in total. The Bertz CT molecular complexity index is 808. The summed E-state index contributed by atoms with van der Waals surface area (Å²) >= 11 is 0. The molecule has 0 unspecified atom stereocenters. The van der Waals surface area contributed by atoms with Gasteiger partial charge in [-0.15, -0.1) is 0 Å². The zero-order valence-corrected chi connectivity index (χ0v) is 15.9. The van der Waals surface area contributed by atoms with Crippen LogP contribution in [0.4, 0.5) is 11.4 Å². The Morgan fingerprint density at radius 1 is 1.24 bits per heavy atom. The topological polar surface area (TPSA) is 165 Å². The van der Waals surface area contributed by atoms with Crippen molar-refractivity contribution in [2.75, 3.05) is 18.9 Å². The fourth-order valence-corrected chi connectivity index (χ4v) is 2.42. The van der Waals surface area contributed by atoms with Crippen LogP contribution in [-0.4, -0.2) is 47.4 Å². The molecule has 29 heavy (non-hydrogen) atoms. The summed E-state index contributed by atoms with van der Waals surface area (Å²) in [5.74, 6) is 3.59. The minimum Gasteiger partial charge on any atom is -0.342 e. The Hall–Kier alpha value is -3.60. The molecule has 0 atom stereocenters. The molecule has 3 amide bonds. The molecule has 0 fully saturated rings. The van der Waals surface area contributed by atoms with Gasteiger partial charge in [0.05, 0.1) is 4.92 Å². The van der Waals surface area contributed by atoms with Gasteiger partial charge >= 0.3 is 0 Å². The van der Waals surface area contributed by atoms with Crippen LogP contribution in [0.2, 0.25) is 0 Å². The van der Waals surface area contributed by atoms with Gasteiger partial charge in [0.15, 0.2) is 0 Å². The Balaban J connectivity index is 2.47. The largest absolute Gasteiger partial charge is 0.342 e. The number of unbranched alkanes of at least 4 members (excludes halogenated alkanes) is 2.